The van der Waals surface area contributed by atoms with Crippen LogP contribution in [0.5, 0.6) is 5.75 Å². The van der Waals surface area contributed by atoms with Crippen molar-refractivity contribution >= 4 is 5.97 Å². The number of hydrogen-bond donors (Lipinski definition) is 1. The van der Waals surface area contributed by atoms with Gasteiger partial charge in [-0.1, -0.05) is 38.5 Å². The second-order valence-corrected chi connectivity index (χ2v) is 7.64. The zero-order valence-electron chi connectivity index (χ0n) is 15.0. The molecule has 4 heteroatoms. The Bertz CT molecular complexity index is 567. The van der Waals surface area contributed by atoms with E-state index in [1.807, 2.05) is 0 Å². The number of methoxy groups -OCH3 is 1. The highest BCUT2D eigenvalue weighted by atomic mass is 16.5. The summed E-state index contributed by atoms with van der Waals surface area (Å²) in [4.78, 5) is 13.4. The van der Waals surface area contributed by atoms with Gasteiger partial charge in [0.1, 0.15) is 5.75 Å². The fourth-order valence-electron chi connectivity index (χ4n) is 3.34. The summed E-state index contributed by atoms with van der Waals surface area (Å²) in [5.41, 5.74) is 3.70. The van der Waals surface area contributed by atoms with Gasteiger partial charge in [0.2, 0.25) is 0 Å². The molecule has 1 aromatic carbocycles. The van der Waals surface area contributed by atoms with E-state index in [1.54, 1.807) is 7.11 Å². The predicted molar refractivity (Wildman–Crippen MR) is 92.1 cm³/mol. The Morgan fingerprint density at radius 2 is 1.91 bits per heavy atom. The third kappa shape index (κ3) is 4.25. The molecule has 1 N–H and O–H groups in total. The second kappa shape index (κ2) is 6.91. The molecule has 1 aliphatic rings. The van der Waals surface area contributed by atoms with Crippen LogP contribution in [-0.4, -0.2) is 36.2 Å². The van der Waals surface area contributed by atoms with E-state index in [-0.39, 0.29) is 11.3 Å². The highest BCUT2D eigenvalue weighted by Crippen LogP contribution is 2.36. The van der Waals surface area contributed by atoms with Crippen LogP contribution >= 0.6 is 0 Å². The second-order valence-electron chi connectivity index (χ2n) is 7.64. The number of piperidine rings is 1. The van der Waals surface area contributed by atoms with Crippen molar-refractivity contribution in [2.24, 2.45) is 5.92 Å². The van der Waals surface area contributed by atoms with E-state index in [0.29, 0.717) is 0 Å². The van der Waals surface area contributed by atoms with Crippen LogP contribution in [0.15, 0.2) is 12.1 Å². The van der Waals surface area contributed by atoms with Crippen molar-refractivity contribution in [3.63, 3.8) is 0 Å². The van der Waals surface area contributed by atoms with Gasteiger partial charge in [0.25, 0.3) is 0 Å². The largest absolute Gasteiger partial charge is 0.496 e. The summed E-state index contributed by atoms with van der Waals surface area (Å²) in [5.74, 6) is 0.132. The molecule has 0 aromatic heterocycles. The van der Waals surface area contributed by atoms with Gasteiger partial charge in [0.05, 0.1) is 13.0 Å². The van der Waals surface area contributed by atoms with Crippen molar-refractivity contribution < 1.29 is 14.6 Å². The highest BCUT2D eigenvalue weighted by Gasteiger charge is 2.26. The highest BCUT2D eigenvalue weighted by molar-refractivity contribution is 5.70. The molecule has 128 valence electrons. The molecule has 0 atom stereocenters. The summed E-state index contributed by atoms with van der Waals surface area (Å²) >= 11 is 0. The number of aryl methyl sites for hydroxylation is 1. The first-order valence-electron chi connectivity index (χ1n) is 8.35. The smallest absolute Gasteiger partial charge is 0.306 e. The molecule has 0 amide bonds. The summed E-state index contributed by atoms with van der Waals surface area (Å²) in [6, 6.07) is 4.40. The predicted octanol–water partition coefficient (Wildman–Crippen LogP) is 3.60. The third-order valence-corrected chi connectivity index (χ3v) is 4.65. The van der Waals surface area contributed by atoms with E-state index in [1.165, 1.54) is 16.7 Å². The third-order valence-electron chi connectivity index (χ3n) is 4.65. The average molecular weight is 319 g/mol. The Morgan fingerprint density at radius 3 is 2.39 bits per heavy atom. The van der Waals surface area contributed by atoms with Crippen molar-refractivity contribution in [2.45, 2.75) is 52.5 Å². The number of carboxylic acid groups (broad SMARTS) is 1. The van der Waals surface area contributed by atoms with E-state index < -0.39 is 5.97 Å². The molecule has 0 bridgehead atoms. The maximum absolute atomic E-state index is 11.1. The van der Waals surface area contributed by atoms with Gasteiger partial charge >= 0.3 is 5.97 Å². The van der Waals surface area contributed by atoms with Gasteiger partial charge in [-0.2, -0.15) is 0 Å². The normalized spacial score (nSPS) is 17.3. The Kier molecular flexibility index (Phi) is 5.35. The van der Waals surface area contributed by atoms with Crippen LogP contribution in [0.2, 0.25) is 0 Å². The molecular weight excluding hydrogens is 290 g/mol. The number of nitrogens with zero attached hydrogens (tertiary/aromatic N) is 1. The summed E-state index contributed by atoms with van der Waals surface area (Å²) in [7, 11) is 1.74. The number of rotatable bonds is 4. The molecule has 0 saturated carbocycles. The number of aliphatic carboxylic acids is 1. The van der Waals surface area contributed by atoms with Gasteiger partial charge < -0.3 is 9.84 Å². The summed E-state index contributed by atoms with van der Waals surface area (Å²) < 4.78 is 5.74. The van der Waals surface area contributed by atoms with Crippen molar-refractivity contribution in [1.82, 2.24) is 4.90 Å². The molecular formula is C19H29NO3. The van der Waals surface area contributed by atoms with Gasteiger partial charge in [0.15, 0.2) is 0 Å². The van der Waals surface area contributed by atoms with Crippen LogP contribution in [0, 0.1) is 12.8 Å². The molecule has 1 saturated heterocycles. The van der Waals surface area contributed by atoms with E-state index in [2.05, 4.69) is 44.7 Å². The van der Waals surface area contributed by atoms with Crippen molar-refractivity contribution in [3.8, 4) is 5.75 Å². The van der Waals surface area contributed by atoms with E-state index in [0.717, 1.165) is 38.2 Å². The molecule has 1 fully saturated rings. The van der Waals surface area contributed by atoms with Crippen LogP contribution < -0.4 is 4.74 Å². The Labute approximate surface area is 139 Å². The molecule has 4 nitrogen and oxygen atoms in total. The molecule has 23 heavy (non-hydrogen) atoms. The van der Waals surface area contributed by atoms with Crippen LogP contribution in [0.25, 0.3) is 0 Å². The van der Waals surface area contributed by atoms with E-state index in [4.69, 9.17) is 9.84 Å². The zero-order valence-corrected chi connectivity index (χ0v) is 15.0. The standard InChI is InChI=1S/C19H29NO3/c1-13-10-15(17(23-5)16(11-13)19(2,3)4)12-20-8-6-14(7-9-20)18(21)22/h10-11,14H,6-9,12H2,1-5H3,(H,21,22). The number of carbonyl (C=O) groups is 1. The van der Waals surface area contributed by atoms with Crippen molar-refractivity contribution in [2.75, 3.05) is 20.2 Å². The van der Waals surface area contributed by atoms with Crippen LogP contribution in [-0.2, 0) is 16.8 Å². The Hall–Kier alpha value is -1.55. The maximum atomic E-state index is 11.1. The van der Waals surface area contributed by atoms with Gasteiger partial charge in [-0.15, -0.1) is 0 Å². The fraction of sp³-hybridized carbons (Fsp3) is 0.632. The zero-order chi connectivity index (χ0) is 17.2. The molecule has 0 spiro atoms. The van der Waals surface area contributed by atoms with Crippen LogP contribution in [0.3, 0.4) is 0 Å². The minimum absolute atomic E-state index is 0.0302. The summed E-state index contributed by atoms with van der Waals surface area (Å²) in [6.07, 6.45) is 1.46. The molecule has 1 heterocycles. The molecule has 1 aliphatic heterocycles. The monoisotopic (exact) mass is 319 g/mol. The Morgan fingerprint density at radius 1 is 1.30 bits per heavy atom. The first kappa shape index (κ1) is 17.8. The van der Waals surface area contributed by atoms with E-state index in [9.17, 15) is 4.79 Å². The maximum Gasteiger partial charge on any atom is 0.306 e. The van der Waals surface area contributed by atoms with Gasteiger partial charge in [-0.25, -0.2) is 0 Å². The van der Waals surface area contributed by atoms with Crippen molar-refractivity contribution in [1.29, 1.82) is 0 Å². The molecule has 1 aromatic rings. The van der Waals surface area contributed by atoms with E-state index >= 15 is 0 Å². The average Bonchev–Trinajstić information content (AvgIpc) is 2.46. The SMILES string of the molecule is COc1c(CN2CCC(C(=O)O)CC2)cc(C)cc1C(C)(C)C. The lowest BCUT2D eigenvalue weighted by molar-refractivity contribution is -0.143. The number of benzene rings is 1. The lowest BCUT2D eigenvalue weighted by Gasteiger charge is -2.31. The minimum atomic E-state index is -0.659. The Balaban J connectivity index is 2.20. The number of likely N-dealkylation sites (tertiary alicyclic amines) is 1. The molecule has 0 unspecified atom stereocenters. The van der Waals surface area contributed by atoms with Crippen LogP contribution in [0.4, 0.5) is 0 Å². The van der Waals surface area contributed by atoms with Crippen LogP contribution in [0.1, 0.15) is 50.3 Å². The minimum Gasteiger partial charge on any atom is -0.496 e. The quantitative estimate of drug-likeness (QED) is 0.921. The molecule has 2 rings (SSSR count). The number of carboxylic acids is 1. The fourth-order valence-corrected chi connectivity index (χ4v) is 3.34. The summed E-state index contributed by atoms with van der Waals surface area (Å²) in [5, 5.41) is 9.12. The first-order chi connectivity index (χ1) is 10.7. The van der Waals surface area contributed by atoms with Crippen molar-refractivity contribution in [3.05, 3.63) is 28.8 Å². The van der Waals surface area contributed by atoms with Gasteiger partial charge in [-0.05, 0) is 38.3 Å². The van der Waals surface area contributed by atoms with Gasteiger partial charge in [0, 0.05) is 17.7 Å². The molecule has 0 aliphatic carbocycles. The topological polar surface area (TPSA) is 49.8 Å². The lowest BCUT2D eigenvalue weighted by atomic mass is 9.84. The summed E-state index contributed by atoms with van der Waals surface area (Å²) in [6.45, 7) is 11.2. The lowest BCUT2D eigenvalue weighted by Crippen LogP contribution is -2.36. The first-order valence-corrected chi connectivity index (χ1v) is 8.35. The molecule has 0 radical (unpaired) electrons. The van der Waals surface area contributed by atoms with Gasteiger partial charge in [-0.3, -0.25) is 9.69 Å². The number of hydrogen-bond acceptors (Lipinski definition) is 3. The number of ether oxygens (including phenoxy) is 1.